The summed E-state index contributed by atoms with van der Waals surface area (Å²) in [5, 5.41) is 13.2. The molecule has 2 saturated heterocycles. The average Bonchev–Trinajstić information content (AvgIpc) is 2.99. The first kappa shape index (κ1) is 16.4. The summed E-state index contributed by atoms with van der Waals surface area (Å²) in [5.41, 5.74) is -0.583. The van der Waals surface area contributed by atoms with Gasteiger partial charge < -0.3 is 19.7 Å². The Balaban J connectivity index is 1.65. The van der Waals surface area contributed by atoms with Crippen molar-refractivity contribution in [2.75, 3.05) is 33.4 Å². The van der Waals surface area contributed by atoms with Gasteiger partial charge in [0.25, 0.3) is 0 Å². The van der Waals surface area contributed by atoms with E-state index >= 15 is 0 Å². The molecule has 2 N–H and O–H groups in total. The fourth-order valence-electron chi connectivity index (χ4n) is 3.89. The molecule has 0 amide bonds. The predicted octanol–water partition coefficient (Wildman–Crippen LogP) is 0.558. The van der Waals surface area contributed by atoms with Gasteiger partial charge in [-0.2, -0.15) is 0 Å². The molecular formula is C16H26N4O3. The third-order valence-corrected chi connectivity index (χ3v) is 5.30. The number of carbonyl (C=O) groups is 1. The van der Waals surface area contributed by atoms with Gasteiger partial charge >= 0.3 is 5.97 Å². The lowest BCUT2D eigenvalue weighted by molar-refractivity contribution is -0.156. The van der Waals surface area contributed by atoms with Gasteiger partial charge in [-0.15, -0.1) is 0 Å². The number of hydrogen-bond acceptors (Lipinski definition) is 5. The number of methoxy groups -OCH3 is 1. The van der Waals surface area contributed by atoms with Crippen LogP contribution in [0.5, 0.6) is 0 Å². The molecule has 0 aliphatic carbocycles. The Morgan fingerprint density at radius 2 is 2.43 bits per heavy atom. The summed E-state index contributed by atoms with van der Waals surface area (Å²) < 4.78 is 7.24. The van der Waals surface area contributed by atoms with Crippen molar-refractivity contribution in [3.8, 4) is 0 Å². The summed E-state index contributed by atoms with van der Waals surface area (Å²) in [5.74, 6) is 0.372. The summed E-state index contributed by atoms with van der Waals surface area (Å²) in [4.78, 5) is 18.6. The Morgan fingerprint density at radius 1 is 1.57 bits per heavy atom. The van der Waals surface area contributed by atoms with Gasteiger partial charge in [-0.25, -0.2) is 4.98 Å². The number of nitrogens with zero attached hydrogens (tertiary/aromatic N) is 3. The van der Waals surface area contributed by atoms with Crippen LogP contribution in [0.4, 0.5) is 0 Å². The van der Waals surface area contributed by atoms with E-state index in [0.29, 0.717) is 13.0 Å². The first-order valence-electron chi connectivity index (χ1n) is 8.34. The Morgan fingerprint density at radius 3 is 3.22 bits per heavy atom. The highest BCUT2D eigenvalue weighted by atomic mass is 16.5. The molecule has 2 atom stereocenters. The zero-order chi connectivity index (χ0) is 16.3. The topological polar surface area (TPSA) is 79.6 Å². The molecule has 0 saturated carbocycles. The highest BCUT2D eigenvalue weighted by molar-refractivity contribution is 5.76. The Hall–Kier alpha value is -1.44. The third-order valence-electron chi connectivity index (χ3n) is 5.30. The van der Waals surface area contributed by atoms with E-state index in [4.69, 9.17) is 4.74 Å². The maximum absolute atomic E-state index is 11.8. The first-order valence-corrected chi connectivity index (χ1v) is 8.34. The van der Waals surface area contributed by atoms with Crippen LogP contribution >= 0.6 is 0 Å². The molecule has 2 aliphatic rings. The average molecular weight is 322 g/mol. The van der Waals surface area contributed by atoms with E-state index in [2.05, 4.69) is 19.8 Å². The summed E-state index contributed by atoms with van der Waals surface area (Å²) in [6.07, 6.45) is 6.23. The minimum Gasteiger partial charge on any atom is -0.481 e. The molecule has 3 heterocycles. The van der Waals surface area contributed by atoms with E-state index in [1.807, 2.05) is 12.4 Å². The predicted molar refractivity (Wildman–Crippen MR) is 85.1 cm³/mol. The maximum Gasteiger partial charge on any atom is 0.311 e. The number of piperidine rings is 2. The zero-order valence-corrected chi connectivity index (χ0v) is 13.7. The zero-order valence-electron chi connectivity index (χ0n) is 13.7. The quantitative estimate of drug-likeness (QED) is 0.797. The van der Waals surface area contributed by atoms with Crippen molar-refractivity contribution in [3.05, 3.63) is 18.2 Å². The Kier molecular flexibility index (Phi) is 4.99. The smallest absolute Gasteiger partial charge is 0.311 e. The van der Waals surface area contributed by atoms with Crippen LogP contribution in [-0.2, 0) is 22.6 Å². The molecule has 0 unspecified atom stereocenters. The number of aliphatic carboxylic acids is 1. The van der Waals surface area contributed by atoms with Crippen LogP contribution in [0, 0.1) is 5.41 Å². The highest BCUT2D eigenvalue weighted by Gasteiger charge is 2.50. The molecule has 0 radical (unpaired) electrons. The van der Waals surface area contributed by atoms with E-state index in [1.165, 1.54) is 0 Å². The molecule has 1 aromatic heterocycles. The second-order valence-electron chi connectivity index (χ2n) is 6.59. The van der Waals surface area contributed by atoms with Crippen molar-refractivity contribution in [3.63, 3.8) is 0 Å². The number of hydrogen-bond donors (Lipinski definition) is 2. The lowest BCUT2D eigenvalue weighted by atomic mass is 9.69. The van der Waals surface area contributed by atoms with Crippen LogP contribution in [0.25, 0.3) is 0 Å². The molecule has 7 nitrogen and oxygen atoms in total. The molecule has 3 rings (SSSR count). The van der Waals surface area contributed by atoms with Gasteiger partial charge in [-0.3, -0.25) is 9.69 Å². The van der Waals surface area contributed by atoms with Crippen LogP contribution in [0.2, 0.25) is 0 Å². The summed E-state index contributed by atoms with van der Waals surface area (Å²) in [7, 11) is 1.70. The summed E-state index contributed by atoms with van der Waals surface area (Å²) in [6, 6.07) is 0.0323. The van der Waals surface area contributed by atoms with E-state index < -0.39 is 11.4 Å². The van der Waals surface area contributed by atoms with Crippen LogP contribution in [0.15, 0.2) is 12.4 Å². The van der Waals surface area contributed by atoms with Crippen LogP contribution in [0.1, 0.15) is 25.1 Å². The number of carboxylic acids is 1. The number of ether oxygens (including phenoxy) is 1. The molecular weight excluding hydrogens is 296 g/mol. The maximum atomic E-state index is 11.8. The number of aromatic nitrogens is 2. The molecule has 1 aromatic rings. The van der Waals surface area contributed by atoms with Crippen molar-refractivity contribution in [1.29, 1.82) is 0 Å². The van der Waals surface area contributed by atoms with Crippen LogP contribution in [-0.4, -0.2) is 64.9 Å². The van der Waals surface area contributed by atoms with Gasteiger partial charge in [-0.1, -0.05) is 0 Å². The SMILES string of the molecule is COCCn1ccnc1CN1CC[C@@]2(C(=O)O)CCCN[C@@H]2C1. The molecule has 7 heteroatoms. The molecule has 0 spiro atoms. The molecule has 2 aliphatic heterocycles. The van der Waals surface area contributed by atoms with Crippen LogP contribution in [0.3, 0.4) is 0 Å². The highest BCUT2D eigenvalue weighted by Crippen LogP contribution is 2.39. The van der Waals surface area contributed by atoms with Crippen LogP contribution < -0.4 is 5.32 Å². The standard InChI is InChI=1S/C16H26N4O3/c1-23-10-9-20-8-6-18-14(20)12-19-7-4-16(15(21)22)3-2-5-17-13(16)11-19/h6,8,13,17H,2-5,7,9-12H2,1H3,(H,21,22)/t13-,16+/m1/s1. The molecule has 128 valence electrons. The lowest BCUT2D eigenvalue weighted by Crippen LogP contribution is -2.62. The van der Waals surface area contributed by atoms with Gasteiger partial charge in [0.1, 0.15) is 5.82 Å². The second kappa shape index (κ2) is 6.98. The van der Waals surface area contributed by atoms with Crippen molar-refractivity contribution < 1.29 is 14.6 Å². The lowest BCUT2D eigenvalue weighted by Gasteiger charge is -2.48. The van der Waals surface area contributed by atoms with Gasteiger partial charge in [0.05, 0.1) is 18.6 Å². The third kappa shape index (κ3) is 3.27. The molecule has 23 heavy (non-hydrogen) atoms. The minimum atomic E-state index is -0.643. The van der Waals surface area contributed by atoms with E-state index in [9.17, 15) is 9.90 Å². The summed E-state index contributed by atoms with van der Waals surface area (Å²) in [6.45, 7) is 4.70. The van der Waals surface area contributed by atoms with E-state index in [0.717, 1.165) is 51.4 Å². The van der Waals surface area contributed by atoms with Gasteiger partial charge in [-0.05, 0) is 32.4 Å². The molecule has 2 fully saturated rings. The van der Waals surface area contributed by atoms with Gasteiger partial charge in [0.15, 0.2) is 0 Å². The number of fused-ring (bicyclic) bond motifs is 1. The normalized spacial score (nSPS) is 28.5. The fourth-order valence-corrected chi connectivity index (χ4v) is 3.89. The monoisotopic (exact) mass is 322 g/mol. The number of carboxylic acid groups (broad SMARTS) is 1. The Labute approximate surface area is 136 Å². The number of nitrogens with one attached hydrogen (secondary N) is 1. The van der Waals surface area contributed by atoms with Crippen molar-refractivity contribution in [2.45, 2.75) is 38.4 Å². The number of rotatable bonds is 6. The number of imidazole rings is 1. The van der Waals surface area contributed by atoms with Crippen molar-refractivity contribution >= 4 is 5.97 Å². The van der Waals surface area contributed by atoms with Crippen molar-refractivity contribution in [2.24, 2.45) is 5.41 Å². The molecule has 0 aromatic carbocycles. The van der Waals surface area contributed by atoms with Gasteiger partial charge in [0, 0.05) is 38.6 Å². The Bertz CT molecular complexity index is 547. The fraction of sp³-hybridized carbons (Fsp3) is 0.750. The number of likely N-dealkylation sites (tertiary alicyclic amines) is 1. The molecule has 0 bridgehead atoms. The largest absolute Gasteiger partial charge is 0.481 e. The van der Waals surface area contributed by atoms with E-state index in [-0.39, 0.29) is 6.04 Å². The van der Waals surface area contributed by atoms with Crippen molar-refractivity contribution in [1.82, 2.24) is 19.8 Å². The summed E-state index contributed by atoms with van der Waals surface area (Å²) >= 11 is 0. The second-order valence-corrected chi connectivity index (χ2v) is 6.59. The minimum absolute atomic E-state index is 0.0323. The first-order chi connectivity index (χ1) is 11.2. The van der Waals surface area contributed by atoms with Gasteiger partial charge in [0.2, 0.25) is 0 Å². The van der Waals surface area contributed by atoms with E-state index in [1.54, 1.807) is 7.11 Å².